The Morgan fingerprint density at radius 1 is 1.14 bits per heavy atom. The minimum Gasteiger partial charge on any atom is -0.339 e. The highest BCUT2D eigenvalue weighted by Crippen LogP contribution is 2.11. The van der Waals surface area contributed by atoms with Gasteiger partial charge in [0.05, 0.1) is 12.5 Å². The summed E-state index contributed by atoms with van der Waals surface area (Å²) in [5.41, 5.74) is 7.81. The van der Waals surface area contributed by atoms with Crippen LogP contribution in [0.3, 0.4) is 0 Å². The number of piperazine rings is 1. The Balaban J connectivity index is 0.00000242. The van der Waals surface area contributed by atoms with E-state index in [0.717, 1.165) is 11.1 Å². The Labute approximate surface area is 137 Å². The van der Waals surface area contributed by atoms with Crippen molar-refractivity contribution in [2.45, 2.75) is 26.3 Å². The Hall–Kier alpha value is -1.59. The van der Waals surface area contributed by atoms with Gasteiger partial charge in [-0.3, -0.25) is 9.59 Å². The molecule has 0 bridgehead atoms. The van der Waals surface area contributed by atoms with E-state index < -0.39 is 6.04 Å². The van der Waals surface area contributed by atoms with Crippen molar-refractivity contribution in [3.63, 3.8) is 0 Å². The van der Waals surface area contributed by atoms with Gasteiger partial charge in [-0.1, -0.05) is 24.3 Å². The first kappa shape index (κ1) is 18.5. The van der Waals surface area contributed by atoms with Crippen LogP contribution in [0.15, 0.2) is 24.3 Å². The molecule has 1 aromatic carbocycles. The zero-order chi connectivity index (χ0) is 15.4. The summed E-state index contributed by atoms with van der Waals surface area (Å²) in [5.74, 6) is 0.0817. The molecular formula is C16H24ClN3O2. The van der Waals surface area contributed by atoms with Gasteiger partial charge >= 0.3 is 0 Å². The summed E-state index contributed by atoms with van der Waals surface area (Å²) in [6.07, 6.45) is 0.425. The molecule has 0 radical (unpaired) electrons. The summed E-state index contributed by atoms with van der Waals surface area (Å²) < 4.78 is 0. The number of nitrogens with two attached hydrogens (primary N) is 1. The van der Waals surface area contributed by atoms with Crippen molar-refractivity contribution in [1.82, 2.24) is 9.80 Å². The molecule has 0 spiro atoms. The fraction of sp³-hybridized carbons (Fsp3) is 0.500. The van der Waals surface area contributed by atoms with Crippen molar-refractivity contribution in [3.05, 3.63) is 35.4 Å². The lowest BCUT2D eigenvalue weighted by atomic mass is 10.1. The molecule has 1 atom stereocenters. The molecule has 0 saturated carbocycles. The number of halogens is 1. The maximum atomic E-state index is 12.3. The van der Waals surface area contributed by atoms with Gasteiger partial charge in [-0.2, -0.15) is 0 Å². The van der Waals surface area contributed by atoms with E-state index >= 15 is 0 Å². The Bertz CT molecular complexity index is 526. The van der Waals surface area contributed by atoms with E-state index in [-0.39, 0.29) is 24.2 Å². The fourth-order valence-corrected chi connectivity index (χ4v) is 2.55. The predicted octanol–water partition coefficient (Wildman–Crippen LogP) is 0.977. The molecule has 2 N–H and O–H groups in total. The number of amides is 2. The molecule has 22 heavy (non-hydrogen) atoms. The number of carbonyl (C=O) groups excluding carboxylic acids is 2. The number of hydrogen-bond donors (Lipinski definition) is 1. The van der Waals surface area contributed by atoms with Crippen LogP contribution in [0.25, 0.3) is 0 Å². The van der Waals surface area contributed by atoms with E-state index in [1.54, 1.807) is 11.8 Å². The van der Waals surface area contributed by atoms with Crippen LogP contribution in [0, 0.1) is 6.92 Å². The lowest BCUT2D eigenvalue weighted by molar-refractivity contribution is -0.139. The molecule has 1 aromatic rings. The SMILES string of the molecule is Cc1ccccc1CC(=O)N1CCN(C(=O)[C@@H](C)N)CC1.Cl. The Morgan fingerprint density at radius 3 is 2.23 bits per heavy atom. The second kappa shape index (κ2) is 8.15. The number of benzene rings is 1. The Morgan fingerprint density at radius 2 is 1.68 bits per heavy atom. The van der Waals surface area contributed by atoms with Gasteiger partial charge in [0.2, 0.25) is 11.8 Å². The van der Waals surface area contributed by atoms with E-state index in [1.807, 2.05) is 36.1 Å². The number of hydrogen-bond acceptors (Lipinski definition) is 3. The fourth-order valence-electron chi connectivity index (χ4n) is 2.55. The van der Waals surface area contributed by atoms with E-state index in [4.69, 9.17) is 5.73 Å². The van der Waals surface area contributed by atoms with Crippen molar-refractivity contribution in [1.29, 1.82) is 0 Å². The van der Waals surface area contributed by atoms with Crippen LogP contribution in [-0.4, -0.2) is 53.8 Å². The van der Waals surface area contributed by atoms with Crippen molar-refractivity contribution in [2.75, 3.05) is 26.2 Å². The minimum absolute atomic E-state index is 0. The molecule has 0 unspecified atom stereocenters. The van der Waals surface area contributed by atoms with Crippen LogP contribution < -0.4 is 5.73 Å². The van der Waals surface area contributed by atoms with E-state index in [0.29, 0.717) is 32.6 Å². The third kappa shape index (κ3) is 4.45. The molecule has 2 rings (SSSR count). The monoisotopic (exact) mass is 325 g/mol. The number of carbonyl (C=O) groups is 2. The highest BCUT2D eigenvalue weighted by atomic mass is 35.5. The van der Waals surface area contributed by atoms with Crippen molar-refractivity contribution in [3.8, 4) is 0 Å². The van der Waals surface area contributed by atoms with Gasteiger partial charge in [0.25, 0.3) is 0 Å². The average Bonchev–Trinajstić information content (AvgIpc) is 2.49. The van der Waals surface area contributed by atoms with E-state index in [9.17, 15) is 9.59 Å². The van der Waals surface area contributed by atoms with Crippen LogP contribution in [0.2, 0.25) is 0 Å². The zero-order valence-electron chi connectivity index (χ0n) is 13.1. The lowest BCUT2D eigenvalue weighted by Gasteiger charge is -2.35. The highest BCUT2D eigenvalue weighted by molar-refractivity contribution is 5.85. The molecule has 1 heterocycles. The topological polar surface area (TPSA) is 66.6 Å². The molecule has 1 aliphatic heterocycles. The molecule has 122 valence electrons. The molecule has 0 aliphatic carbocycles. The second-order valence-corrected chi connectivity index (χ2v) is 5.60. The minimum atomic E-state index is -0.473. The number of rotatable bonds is 3. The third-order valence-electron chi connectivity index (χ3n) is 3.94. The molecule has 1 saturated heterocycles. The molecule has 1 aliphatic rings. The quantitative estimate of drug-likeness (QED) is 0.900. The average molecular weight is 326 g/mol. The van der Waals surface area contributed by atoms with Gasteiger partial charge < -0.3 is 15.5 Å². The normalized spacial score (nSPS) is 16.0. The van der Waals surface area contributed by atoms with Gasteiger partial charge in [-0.15, -0.1) is 12.4 Å². The van der Waals surface area contributed by atoms with Gasteiger partial charge in [-0.25, -0.2) is 0 Å². The summed E-state index contributed by atoms with van der Waals surface area (Å²) in [6.45, 7) is 6.02. The van der Waals surface area contributed by atoms with E-state index in [2.05, 4.69) is 0 Å². The van der Waals surface area contributed by atoms with Crippen molar-refractivity contribution >= 4 is 24.2 Å². The first-order chi connectivity index (χ1) is 9.99. The number of nitrogens with zero attached hydrogens (tertiary/aromatic N) is 2. The molecule has 5 nitrogen and oxygen atoms in total. The van der Waals surface area contributed by atoms with Gasteiger partial charge in [0.1, 0.15) is 0 Å². The molecular weight excluding hydrogens is 302 g/mol. The summed E-state index contributed by atoms with van der Waals surface area (Å²) >= 11 is 0. The third-order valence-corrected chi connectivity index (χ3v) is 3.94. The first-order valence-electron chi connectivity index (χ1n) is 7.35. The first-order valence-corrected chi connectivity index (χ1v) is 7.35. The van der Waals surface area contributed by atoms with Crippen LogP contribution in [0.1, 0.15) is 18.1 Å². The molecule has 1 fully saturated rings. The molecule has 0 aromatic heterocycles. The predicted molar refractivity (Wildman–Crippen MR) is 88.9 cm³/mol. The highest BCUT2D eigenvalue weighted by Gasteiger charge is 2.25. The van der Waals surface area contributed by atoms with Crippen molar-refractivity contribution < 1.29 is 9.59 Å². The number of aryl methyl sites for hydroxylation is 1. The molecule has 6 heteroatoms. The van der Waals surface area contributed by atoms with E-state index in [1.165, 1.54) is 0 Å². The van der Waals surface area contributed by atoms with Crippen molar-refractivity contribution in [2.24, 2.45) is 5.73 Å². The Kier molecular flexibility index (Phi) is 6.84. The maximum Gasteiger partial charge on any atom is 0.239 e. The molecule has 2 amide bonds. The van der Waals surface area contributed by atoms with Crippen LogP contribution in [-0.2, 0) is 16.0 Å². The van der Waals surface area contributed by atoms with Gasteiger partial charge in [-0.05, 0) is 25.0 Å². The van der Waals surface area contributed by atoms with Gasteiger partial charge in [0, 0.05) is 26.2 Å². The summed E-state index contributed by atoms with van der Waals surface area (Å²) in [4.78, 5) is 27.7. The smallest absolute Gasteiger partial charge is 0.239 e. The van der Waals surface area contributed by atoms with Gasteiger partial charge in [0.15, 0.2) is 0 Å². The summed E-state index contributed by atoms with van der Waals surface area (Å²) in [6, 6.07) is 7.46. The summed E-state index contributed by atoms with van der Waals surface area (Å²) in [5, 5.41) is 0. The largest absolute Gasteiger partial charge is 0.339 e. The maximum absolute atomic E-state index is 12.3. The van der Waals surface area contributed by atoms with Crippen LogP contribution in [0.4, 0.5) is 0 Å². The zero-order valence-corrected chi connectivity index (χ0v) is 13.9. The summed E-state index contributed by atoms with van der Waals surface area (Å²) in [7, 11) is 0. The van der Waals surface area contributed by atoms with Crippen LogP contribution >= 0.6 is 12.4 Å². The standard InChI is InChI=1S/C16H23N3O2.ClH/c1-12-5-3-4-6-14(12)11-15(20)18-7-9-19(10-8-18)16(21)13(2)17;/h3-6,13H,7-11,17H2,1-2H3;1H/t13-;/m1./s1. The van der Waals surface area contributed by atoms with Crippen LogP contribution in [0.5, 0.6) is 0 Å². The lowest BCUT2D eigenvalue weighted by Crippen LogP contribution is -2.54. The second-order valence-electron chi connectivity index (χ2n) is 5.60.